The third kappa shape index (κ3) is 3.63. The lowest BCUT2D eigenvalue weighted by molar-refractivity contribution is -0.0659. The van der Waals surface area contributed by atoms with Gasteiger partial charge in [-0.15, -0.1) is 0 Å². The molecule has 0 amide bonds. The lowest BCUT2D eigenvalue weighted by Gasteiger charge is -2.40. The van der Waals surface area contributed by atoms with E-state index in [0.717, 1.165) is 31.2 Å². The van der Waals surface area contributed by atoms with Crippen LogP contribution in [-0.2, 0) is 14.8 Å². The first-order valence-corrected chi connectivity index (χ1v) is 8.81. The molecular formula is C15H24N2O3S. The number of benzene rings is 1. The van der Waals surface area contributed by atoms with Gasteiger partial charge < -0.3 is 10.5 Å². The Hall–Kier alpha value is -0.950. The fourth-order valence-electron chi connectivity index (χ4n) is 2.48. The minimum atomic E-state index is -3.53. The van der Waals surface area contributed by atoms with Crippen molar-refractivity contribution in [2.75, 3.05) is 13.7 Å². The minimum absolute atomic E-state index is 0.142. The zero-order valence-corrected chi connectivity index (χ0v) is 13.4. The highest BCUT2D eigenvalue weighted by Gasteiger charge is 2.38. The van der Waals surface area contributed by atoms with Gasteiger partial charge in [0.15, 0.2) is 0 Å². The summed E-state index contributed by atoms with van der Waals surface area (Å²) in [6.07, 6.45) is 3.64. The van der Waals surface area contributed by atoms with Gasteiger partial charge in [-0.25, -0.2) is 13.1 Å². The van der Waals surface area contributed by atoms with Crippen LogP contribution in [0.3, 0.4) is 0 Å². The Labute approximate surface area is 126 Å². The summed E-state index contributed by atoms with van der Waals surface area (Å²) < 4.78 is 32.9. The molecular weight excluding hydrogens is 288 g/mol. The Morgan fingerprint density at radius 3 is 2.67 bits per heavy atom. The molecule has 0 aliphatic heterocycles. The van der Waals surface area contributed by atoms with E-state index in [9.17, 15) is 8.42 Å². The van der Waals surface area contributed by atoms with Crippen molar-refractivity contribution < 1.29 is 13.2 Å². The number of rotatable bonds is 7. The van der Waals surface area contributed by atoms with Gasteiger partial charge in [0.05, 0.1) is 10.5 Å². The quantitative estimate of drug-likeness (QED) is 0.806. The van der Waals surface area contributed by atoms with Crippen LogP contribution in [0.1, 0.15) is 44.2 Å². The second-order valence-electron chi connectivity index (χ2n) is 5.65. The van der Waals surface area contributed by atoms with Crippen LogP contribution in [0, 0.1) is 0 Å². The predicted molar refractivity (Wildman–Crippen MR) is 82.4 cm³/mol. The first-order chi connectivity index (χ1) is 9.92. The molecule has 3 N–H and O–H groups in total. The summed E-state index contributed by atoms with van der Waals surface area (Å²) in [5, 5.41) is 0. The summed E-state index contributed by atoms with van der Waals surface area (Å²) in [4.78, 5) is 0.259. The zero-order valence-electron chi connectivity index (χ0n) is 12.6. The molecule has 1 atom stereocenters. The number of hydrogen-bond donors (Lipinski definition) is 2. The number of methoxy groups -OCH3 is 1. The van der Waals surface area contributed by atoms with Crippen molar-refractivity contribution in [3.05, 3.63) is 29.8 Å². The van der Waals surface area contributed by atoms with Crippen molar-refractivity contribution in [3.8, 4) is 0 Å². The molecule has 0 radical (unpaired) electrons. The van der Waals surface area contributed by atoms with Gasteiger partial charge in [0.2, 0.25) is 10.0 Å². The Bertz CT molecular complexity index is 577. The summed E-state index contributed by atoms with van der Waals surface area (Å²) in [6, 6.07) is 6.69. The Morgan fingerprint density at radius 1 is 1.43 bits per heavy atom. The van der Waals surface area contributed by atoms with Gasteiger partial charge in [0.25, 0.3) is 0 Å². The molecule has 0 heterocycles. The number of nitrogens with one attached hydrogen (secondary N) is 1. The Morgan fingerprint density at radius 2 is 2.14 bits per heavy atom. The highest BCUT2D eigenvalue weighted by Crippen LogP contribution is 2.34. The number of hydrogen-bond acceptors (Lipinski definition) is 4. The van der Waals surface area contributed by atoms with Crippen molar-refractivity contribution >= 4 is 10.0 Å². The van der Waals surface area contributed by atoms with Gasteiger partial charge in [-0.3, -0.25) is 0 Å². The molecule has 2 rings (SSSR count). The fourth-order valence-corrected chi connectivity index (χ4v) is 3.65. The lowest BCUT2D eigenvalue weighted by Crippen LogP contribution is -2.49. The van der Waals surface area contributed by atoms with Crippen LogP contribution in [0.5, 0.6) is 0 Å². The molecule has 6 heteroatoms. The fraction of sp³-hybridized carbons (Fsp3) is 0.600. The molecule has 1 fully saturated rings. The number of sulfonamides is 1. The molecule has 5 nitrogen and oxygen atoms in total. The van der Waals surface area contributed by atoms with Gasteiger partial charge in [0.1, 0.15) is 0 Å². The second kappa shape index (κ2) is 6.44. The van der Waals surface area contributed by atoms with E-state index in [1.165, 1.54) is 0 Å². The van der Waals surface area contributed by atoms with Gasteiger partial charge in [-0.1, -0.05) is 19.1 Å². The van der Waals surface area contributed by atoms with E-state index in [2.05, 4.69) is 4.72 Å². The number of nitrogens with two attached hydrogens (primary N) is 1. The summed E-state index contributed by atoms with van der Waals surface area (Å²) in [5.41, 5.74) is 6.48. The van der Waals surface area contributed by atoms with Crippen molar-refractivity contribution in [3.63, 3.8) is 0 Å². The third-order valence-electron chi connectivity index (χ3n) is 4.32. The molecule has 1 aromatic carbocycles. The van der Waals surface area contributed by atoms with Crippen LogP contribution in [0.4, 0.5) is 0 Å². The van der Waals surface area contributed by atoms with E-state index in [0.29, 0.717) is 6.54 Å². The van der Waals surface area contributed by atoms with Crippen molar-refractivity contribution in [2.45, 2.75) is 49.1 Å². The minimum Gasteiger partial charge on any atom is -0.377 e. The molecule has 0 bridgehead atoms. The van der Waals surface area contributed by atoms with Crippen LogP contribution in [0.25, 0.3) is 0 Å². The average molecular weight is 312 g/mol. The van der Waals surface area contributed by atoms with Gasteiger partial charge >= 0.3 is 0 Å². The van der Waals surface area contributed by atoms with Gasteiger partial charge in [-0.2, -0.15) is 0 Å². The molecule has 118 valence electrons. The standard InChI is InChI=1S/C15H24N2O3S/c1-3-14(16)12-6-4-7-13(10-12)21(18,19)17-11-15(20-2)8-5-9-15/h4,6-7,10,14,17H,3,5,8-9,11,16H2,1-2H3. The predicted octanol–water partition coefficient (Wildman–Crippen LogP) is 1.94. The van der Waals surface area contributed by atoms with Crippen molar-refractivity contribution in [1.82, 2.24) is 4.72 Å². The molecule has 1 unspecified atom stereocenters. The van der Waals surface area contributed by atoms with Crippen LogP contribution < -0.4 is 10.5 Å². The SMILES string of the molecule is CCC(N)c1cccc(S(=O)(=O)NCC2(OC)CCC2)c1. The zero-order chi connectivity index (χ0) is 15.5. The molecule has 1 saturated carbocycles. The number of ether oxygens (including phenoxy) is 1. The highest BCUT2D eigenvalue weighted by molar-refractivity contribution is 7.89. The maximum atomic E-state index is 12.4. The summed E-state index contributed by atoms with van der Waals surface area (Å²) in [7, 11) is -1.90. The lowest BCUT2D eigenvalue weighted by atomic mass is 9.80. The highest BCUT2D eigenvalue weighted by atomic mass is 32.2. The first-order valence-electron chi connectivity index (χ1n) is 7.33. The maximum Gasteiger partial charge on any atom is 0.240 e. The largest absolute Gasteiger partial charge is 0.377 e. The molecule has 1 aliphatic carbocycles. The van der Waals surface area contributed by atoms with Gasteiger partial charge in [-0.05, 0) is 43.4 Å². The molecule has 21 heavy (non-hydrogen) atoms. The second-order valence-corrected chi connectivity index (χ2v) is 7.42. The summed E-state index contributed by atoms with van der Waals surface area (Å²) >= 11 is 0. The smallest absolute Gasteiger partial charge is 0.240 e. The van der Waals surface area contributed by atoms with Crippen LogP contribution in [0.2, 0.25) is 0 Å². The third-order valence-corrected chi connectivity index (χ3v) is 5.72. The molecule has 0 spiro atoms. The van der Waals surface area contributed by atoms with Crippen molar-refractivity contribution in [1.29, 1.82) is 0 Å². The van der Waals surface area contributed by atoms with Crippen LogP contribution >= 0.6 is 0 Å². The van der Waals surface area contributed by atoms with E-state index < -0.39 is 10.0 Å². The maximum absolute atomic E-state index is 12.4. The molecule has 0 aromatic heterocycles. The summed E-state index contributed by atoms with van der Waals surface area (Å²) in [5.74, 6) is 0. The van der Waals surface area contributed by atoms with Crippen LogP contribution in [-0.4, -0.2) is 27.7 Å². The molecule has 0 saturated heterocycles. The van der Waals surface area contributed by atoms with E-state index in [1.807, 2.05) is 13.0 Å². The van der Waals surface area contributed by atoms with E-state index in [4.69, 9.17) is 10.5 Å². The van der Waals surface area contributed by atoms with E-state index in [-0.39, 0.29) is 16.5 Å². The topological polar surface area (TPSA) is 81.4 Å². The Kier molecular flexibility index (Phi) is 5.03. The van der Waals surface area contributed by atoms with Gasteiger partial charge in [0, 0.05) is 19.7 Å². The molecule has 1 aliphatic rings. The van der Waals surface area contributed by atoms with Crippen LogP contribution in [0.15, 0.2) is 29.2 Å². The van der Waals surface area contributed by atoms with Crippen molar-refractivity contribution in [2.24, 2.45) is 5.73 Å². The summed E-state index contributed by atoms with van der Waals surface area (Å²) in [6.45, 7) is 2.29. The van der Waals surface area contributed by atoms with E-state index in [1.54, 1.807) is 25.3 Å². The monoisotopic (exact) mass is 312 g/mol. The first kappa shape index (κ1) is 16.4. The average Bonchev–Trinajstić information content (AvgIpc) is 2.46. The van der Waals surface area contributed by atoms with E-state index >= 15 is 0 Å². The Balaban J connectivity index is 2.12. The normalized spacial score (nSPS) is 19.0. The molecule has 1 aromatic rings.